The molecule has 4 nitrogen and oxygen atoms in total. The third-order valence-corrected chi connectivity index (χ3v) is 4.95. The number of carbonyl (C=O) groups is 2. The fourth-order valence-corrected chi connectivity index (χ4v) is 2.97. The maximum absolute atomic E-state index is 13.1. The van der Waals surface area contributed by atoms with Crippen molar-refractivity contribution >= 4 is 23.4 Å². The lowest BCUT2D eigenvalue weighted by Gasteiger charge is -2.31. The molecule has 0 bridgehead atoms. The molecule has 0 heterocycles. The van der Waals surface area contributed by atoms with Crippen molar-refractivity contribution in [3.8, 4) is 0 Å². The van der Waals surface area contributed by atoms with Gasteiger partial charge in [-0.1, -0.05) is 49.7 Å². The van der Waals surface area contributed by atoms with E-state index in [9.17, 15) is 14.0 Å². The van der Waals surface area contributed by atoms with Gasteiger partial charge in [-0.25, -0.2) is 4.39 Å². The fourth-order valence-electron chi connectivity index (χ4n) is 2.75. The van der Waals surface area contributed by atoms with Gasteiger partial charge in [0.2, 0.25) is 5.91 Å². The molecular formula is C21H24ClFN2O2. The van der Waals surface area contributed by atoms with Gasteiger partial charge in [0, 0.05) is 7.05 Å². The SMILES string of the molecule is CC(C)[C@H](NC(=O)c1ccccc1Cl)C(=O)N(C)C(C)c1ccc(F)cc1. The van der Waals surface area contributed by atoms with Crippen LogP contribution in [0.3, 0.4) is 0 Å². The Bertz CT molecular complexity index is 808. The maximum Gasteiger partial charge on any atom is 0.253 e. The highest BCUT2D eigenvalue weighted by Crippen LogP contribution is 2.22. The minimum Gasteiger partial charge on any atom is -0.340 e. The van der Waals surface area contributed by atoms with Crippen LogP contribution < -0.4 is 5.32 Å². The Morgan fingerprint density at radius 3 is 2.19 bits per heavy atom. The highest BCUT2D eigenvalue weighted by Gasteiger charge is 2.30. The van der Waals surface area contributed by atoms with Crippen LogP contribution in [0.2, 0.25) is 5.02 Å². The number of rotatable bonds is 6. The van der Waals surface area contributed by atoms with E-state index in [4.69, 9.17) is 11.6 Å². The quantitative estimate of drug-likeness (QED) is 0.792. The average Bonchev–Trinajstić information content (AvgIpc) is 2.65. The van der Waals surface area contributed by atoms with Crippen molar-refractivity contribution in [1.82, 2.24) is 10.2 Å². The van der Waals surface area contributed by atoms with Gasteiger partial charge in [-0.15, -0.1) is 0 Å². The lowest BCUT2D eigenvalue weighted by molar-refractivity contribution is -0.135. The van der Waals surface area contributed by atoms with Gasteiger partial charge in [0.05, 0.1) is 16.6 Å². The minimum absolute atomic E-state index is 0.119. The Morgan fingerprint density at radius 2 is 1.63 bits per heavy atom. The van der Waals surface area contributed by atoms with E-state index in [1.165, 1.54) is 12.1 Å². The molecule has 6 heteroatoms. The summed E-state index contributed by atoms with van der Waals surface area (Å²) in [7, 11) is 1.67. The van der Waals surface area contributed by atoms with Crippen molar-refractivity contribution in [2.45, 2.75) is 32.9 Å². The number of nitrogens with one attached hydrogen (secondary N) is 1. The summed E-state index contributed by atoms with van der Waals surface area (Å²) in [5, 5.41) is 3.13. The number of benzene rings is 2. The van der Waals surface area contributed by atoms with Crippen LogP contribution in [0, 0.1) is 11.7 Å². The molecule has 2 aromatic rings. The summed E-state index contributed by atoms with van der Waals surface area (Å²) in [6.45, 7) is 5.59. The van der Waals surface area contributed by atoms with Gasteiger partial charge in [-0.05, 0) is 42.7 Å². The second-order valence-electron chi connectivity index (χ2n) is 6.85. The van der Waals surface area contributed by atoms with E-state index in [0.717, 1.165) is 5.56 Å². The molecule has 1 unspecified atom stereocenters. The van der Waals surface area contributed by atoms with Gasteiger partial charge in [0.25, 0.3) is 5.91 Å². The van der Waals surface area contributed by atoms with Crippen LogP contribution in [0.1, 0.15) is 42.7 Å². The van der Waals surface area contributed by atoms with E-state index in [1.807, 2.05) is 20.8 Å². The van der Waals surface area contributed by atoms with Gasteiger partial charge in [-0.2, -0.15) is 0 Å². The first-order valence-corrected chi connectivity index (χ1v) is 9.17. The molecule has 0 saturated heterocycles. The highest BCUT2D eigenvalue weighted by atomic mass is 35.5. The second-order valence-corrected chi connectivity index (χ2v) is 7.26. The number of hydrogen-bond acceptors (Lipinski definition) is 2. The van der Waals surface area contributed by atoms with E-state index in [2.05, 4.69) is 5.32 Å². The molecule has 0 aliphatic rings. The van der Waals surface area contributed by atoms with Gasteiger partial charge in [0.1, 0.15) is 11.9 Å². The smallest absolute Gasteiger partial charge is 0.253 e. The molecule has 27 heavy (non-hydrogen) atoms. The van der Waals surface area contributed by atoms with Gasteiger partial charge >= 0.3 is 0 Å². The summed E-state index contributed by atoms with van der Waals surface area (Å²) in [5.74, 6) is -1.06. The van der Waals surface area contributed by atoms with Gasteiger partial charge < -0.3 is 10.2 Å². The molecule has 2 amide bonds. The lowest BCUT2D eigenvalue weighted by Crippen LogP contribution is -2.50. The molecule has 0 aliphatic carbocycles. The average molecular weight is 391 g/mol. The molecule has 0 spiro atoms. The zero-order chi connectivity index (χ0) is 20.1. The number of hydrogen-bond donors (Lipinski definition) is 1. The summed E-state index contributed by atoms with van der Waals surface area (Å²) in [4.78, 5) is 27.2. The van der Waals surface area contributed by atoms with Crippen molar-refractivity contribution in [3.05, 3.63) is 70.5 Å². The Morgan fingerprint density at radius 1 is 1.04 bits per heavy atom. The van der Waals surface area contributed by atoms with E-state index >= 15 is 0 Å². The van der Waals surface area contributed by atoms with Crippen LogP contribution >= 0.6 is 11.6 Å². The molecular weight excluding hydrogens is 367 g/mol. The number of amides is 2. The summed E-state index contributed by atoms with van der Waals surface area (Å²) in [6.07, 6.45) is 0. The summed E-state index contributed by atoms with van der Waals surface area (Å²) in [6, 6.07) is 11.8. The van der Waals surface area contributed by atoms with Crippen LogP contribution in [-0.4, -0.2) is 29.8 Å². The van der Waals surface area contributed by atoms with E-state index < -0.39 is 11.9 Å². The molecule has 1 N–H and O–H groups in total. The fraction of sp³-hybridized carbons (Fsp3) is 0.333. The number of likely N-dealkylation sites (N-methyl/N-ethyl adjacent to an activating group) is 1. The molecule has 0 aromatic heterocycles. The summed E-state index contributed by atoms with van der Waals surface area (Å²) in [5.41, 5.74) is 1.14. The van der Waals surface area contributed by atoms with Crippen LogP contribution in [0.5, 0.6) is 0 Å². The zero-order valence-electron chi connectivity index (χ0n) is 15.9. The third kappa shape index (κ3) is 5.07. The Labute approximate surface area is 164 Å². The lowest BCUT2D eigenvalue weighted by atomic mass is 10.00. The van der Waals surface area contributed by atoms with Crippen molar-refractivity contribution in [2.24, 2.45) is 5.92 Å². The van der Waals surface area contributed by atoms with Crippen molar-refractivity contribution in [1.29, 1.82) is 0 Å². The van der Waals surface area contributed by atoms with E-state index in [-0.39, 0.29) is 23.7 Å². The normalized spacial score (nSPS) is 13.1. The Hall–Kier alpha value is -2.40. The first-order chi connectivity index (χ1) is 12.7. The molecule has 0 radical (unpaired) electrons. The number of nitrogens with zero attached hydrogens (tertiary/aromatic N) is 1. The third-order valence-electron chi connectivity index (χ3n) is 4.62. The Balaban J connectivity index is 2.17. The van der Waals surface area contributed by atoms with Crippen molar-refractivity contribution in [2.75, 3.05) is 7.05 Å². The predicted octanol–water partition coefficient (Wildman–Crippen LogP) is 4.45. The van der Waals surface area contributed by atoms with Gasteiger partial charge in [0.15, 0.2) is 0 Å². The van der Waals surface area contributed by atoms with Crippen molar-refractivity contribution < 1.29 is 14.0 Å². The van der Waals surface area contributed by atoms with Crippen molar-refractivity contribution in [3.63, 3.8) is 0 Å². The summed E-state index contributed by atoms with van der Waals surface area (Å²) >= 11 is 6.08. The number of carbonyl (C=O) groups excluding carboxylic acids is 2. The number of halogens is 2. The predicted molar refractivity (Wildman–Crippen MR) is 105 cm³/mol. The van der Waals surface area contributed by atoms with E-state index in [1.54, 1.807) is 48.3 Å². The molecule has 2 rings (SSSR count). The van der Waals surface area contributed by atoms with E-state index in [0.29, 0.717) is 10.6 Å². The van der Waals surface area contributed by atoms with Crippen LogP contribution in [-0.2, 0) is 4.79 Å². The molecule has 0 saturated carbocycles. The maximum atomic E-state index is 13.1. The molecule has 0 aliphatic heterocycles. The van der Waals surface area contributed by atoms with Crippen LogP contribution in [0.4, 0.5) is 4.39 Å². The monoisotopic (exact) mass is 390 g/mol. The van der Waals surface area contributed by atoms with Gasteiger partial charge in [-0.3, -0.25) is 9.59 Å². The molecule has 2 aromatic carbocycles. The molecule has 0 fully saturated rings. The molecule has 144 valence electrons. The standard InChI is InChI=1S/C21H24ClFN2O2/c1-13(2)19(24-20(26)17-7-5-6-8-18(17)22)21(27)25(4)14(3)15-9-11-16(23)12-10-15/h5-14,19H,1-4H3,(H,24,26)/t14?,19-/m0/s1. The largest absolute Gasteiger partial charge is 0.340 e. The zero-order valence-corrected chi connectivity index (χ0v) is 16.6. The topological polar surface area (TPSA) is 49.4 Å². The summed E-state index contributed by atoms with van der Waals surface area (Å²) < 4.78 is 13.1. The van der Waals surface area contributed by atoms with Crippen LogP contribution in [0.25, 0.3) is 0 Å². The minimum atomic E-state index is -0.707. The first kappa shape index (κ1) is 20.9. The second kappa shape index (κ2) is 9.00. The Kier molecular flexibility index (Phi) is 6.97. The highest BCUT2D eigenvalue weighted by molar-refractivity contribution is 6.33. The molecule has 2 atom stereocenters. The first-order valence-electron chi connectivity index (χ1n) is 8.80. The van der Waals surface area contributed by atoms with Crippen LogP contribution in [0.15, 0.2) is 48.5 Å².